The molecule has 1 amide bonds. The molecular weight excluding hydrogens is 345 g/mol. The van der Waals surface area contributed by atoms with Crippen LogP contribution in [0, 0.1) is 5.82 Å². The first-order valence-electron chi connectivity index (χ1n) is 8.56. The van der Waals surface area contributed by atoms with Crippen LogP contribution in [0.3, 0.4) is 0 Å². The molecule has 1 fully saturated rings. The van der Waals surface area contributed by atoms with Gasteiger partial charge in [-0.15, -0.1) is 11.8 Å². The summed E-state index contributed by atoms with van der Waals surface area (Å²) < 4.78 is 13.2. The van der Waals surface area contributed by atoms with Crippen LogP contribution >= 0.6 is 11.8 Å². The average Bonchev–Trinajstić information content (AvgIpc) is 3.19. The van der Waals surface area contributed by atoms with Gasteiger partial charge >= 0.3 is 0 Å². The van der Waals surface area contributed by atoms with Gasteiger partial charge in [-0.1, -0.05) is 54.6 Å². The first-order valence-corrected chi connectivity index (χ1v) is 9.61. The molecule has 1 heterocycles. The zero-order chi connectivity index (χ0) is 17.9. The van der Waals surface area contributed by atoms with E-state index in [1.165, 1.54) is 12.1 Å². The molecule has 1 saturated heterocycles. The lowest BCUT2D eigenvalue weighted by Crippen LogP contribution is -2.30. The van der Waals surface area contributed by atoms with E-state index >= 15 is 0 Å². The summed E-state index contributed by atoms with van der Waals surface area (Å²) in [6, 6.07) is 24.3. The van der Waals surface area contributed by atoms with E-state index in [1.807, 2.05) is 47.4 Å². The lowest BCUT2D eigenvalue weighted by Gasteiger charge is -2.24. The van der Waals surface area contributed by atoms with Crippen LogP contribution in [0.15, 0.2) is 78.9 Å². The van der Waals surface area contributed by atoms with Crippen molar-refractivity contribution in [2.24, 2.45) is 0 Å². The second-order valence-corrected chi connectivity index (χ2v) is 7.40. The Labute approximate surface area is 156 Å². The molecule has 130 valence electrons. The summed E-state index contributed by atoms with van der Waals surface area (Å²) in [5.74, 6) is 0.644. The van der Waals surface area contributed by atoms with Crippen molar-refractivity contribution in [1.82, 2.24) is 4.90 Å². The van der Waals surface area contributed by atoms with Crippen LogP contribution in [-0.2, 0) is 0 Å². The normalized spacial score (nSPS) is 16.7. The maximum atomic E-state index is 13.2. The second kappa shape index (κ2) is 7.34. The first kappa shape index (κ1) is 16.9. The Balaban J connectivity index is 1.55. The van der Waals surface area contributed by atoms with Crippen molar-refractivity contribution in [3.05, 3.63) is 95.8 Å². The van der Waals surface area contributed by atoms with Crippen LogP contribution in [0.4, 0.5) is 4.39 Å². The minimum Gasteiger partial charge on any atom is -0.322 e. The third-order valence-electron chi connectivity index (χ3n) is 4.55. The van der Waals surface area contributed by atoms with Crippen molar-refractivity contribution in [3.8, 4) is 11.1 Å². The van der Waals surface area contributed by atoms with Crippen LogP contribution in [-0.4, -0.2) is 23.1 Å². The molecule has 26 heavy (non-hydrogen) atoms. The van der Waals surface area contributed by atoms with Crippen molar-refractivity contribution in [3.63, 3.8) is 0 Å². The highest BCUT2D eigenvalue weighted by Gasteiger charge is 2.31. The number of hydrogen-bond acceptors (Lipinski definition) is 2. The molecule has 1 aliphatic heterocycles. The summed E-state index contributed by atoms with van der Waals surface area (Å²) >= 11 is 1.72. The van der Waals surface area contributed by atoms with Crippen molar-refractivity contribution < 1.29 is 9.18 Å². The van der Waals surface area contributed by atoms with Crippen molar-refractivity contribution in [2.45, 2.75) is 5.37 Å². The van der Waals surface area contributed by atoms with Gasteiger partial charge in [0, 0.05) is 17.9 Å². The van der Waals surface area contributed by atoms with Gasteiger partial charge < -0.3 is 4.90 Å². The SMILES string of the molecule is O=C(c1ccc(-c2ccccc2)cc1)N1CCS[C@@H]1c1ccc(F)cc1. The van der Waals surface area contributed by atoms with Crippen LogP contribution < -0.4 is 0 Å². The molecule has 3 aromatic carbocycles. The lowest BCUT2D eigenvalue weighted by molar-refractivity contribution is 0.0760. The topological polar surface area (TPSA) is 20.3 Å². The summed E-state index contributed by atoms with van der Waals surface area (Å²) in [5.41, 5.74) is 3.86. The molecule has 0 aromatic heterocycles. The van der Waals surface area contributed by atoms with Gasteiger partial charge in [0.15, 0.2) is 0 Å². The molecular formula is C22H18FNOS. The molecule has 0 spiro atoms. The molecule has 1 aliphatic rings. The van der Waals surface area contributed by atoms with Gasteiger partial charge in [-0.3, -0.25) is 4.79 Å². The van der Waals surface area contributed by atoms with Crippen molar-refractivity contribution in [1.29, 1.82) is 0 Å². The molecule has 0 unspecified atom stereocenters. The fraction of sp³-hybridized carbons (Fsp3) is 0.136. The third-order valence-corrected chi connectivity index (χ3v) is 5.81. The number of carbonyl (C=O) groups excluding carboxylic acids is 1. The maximum Gasteiger partial charge on any atom is 0.255 e. The Hall–Kier alpha value is -2.59. The largest absolute Gasteiger partial charge is 0.322 e. The molecule has 4 heteroatoms. The van der Waals surface area contributed by atoms with E-state index in [0.29, 0.717) is 12.1 Å². The first-order chi connectivity index (χ1) is 12.7. The predicted octanol–water partition coefficient (Wildman–Crippen LogP) is 5.38. The third kappa shape index (κ3) is 3.37. The van der Waals surface area contributed by atoms with Crippen LogP contribution in [0.5, 0.6) is 0 Å². The monoisotopic (exact) mass is 363 g/mol. The highest BCUT2D eigenvalue weighted by molar-refractivity contribution is 7.99. The van der Waals surface area contributed by atoms with Gasteiger partial charge in [-0.05, 0) is 41.0 Å². The fourth-order valence-electron chi connectivity index (χ4n) is 3.18. The van der Waals surface area contributed by atoms with E-state index < -0.39 is 0 Å². The van der Waals surface area contributed by atoms with E-state index in [-0.39, 0.29) is 17.1 Å². The smallest absolute Gasteiger partial charge is 0.255 e. The zero-order valence-electron chi connectivity index (χ0n) is 14.1. The molecule has 0 radical (unpaired) electrons. The highest BCUT2D eigenvalue weighted by Crippen LogP contribution is 2.38. The molecule has 4 rings (SSSR count). The number of hydrogen-bond donors (Lipinski definition) is 0. The molecule has 0 aliphatic carbocycles. The number of nitrogens with zero attached hydrogens (tertiary/aromatic N) is 1. The molecule has 0 N–H and O–H groups in total. The number of benzene rings is 3. The van der Waals surface area contributed by atoms with Crippen LogP contribution in [0.2, 0.25) is 0 Å². The van der Waals surface area contributed by atoms with Crippen LogP contribution in [0.1, 0.15) is 21.3 Å². The Kier molecular flexibility index (Phi) is 4.76. The lowest BCUT2D eigenvalue weighted by atomic mass is 10.0. The second-order valence-electron chi connectivity index (χ2n) is 6.22. The Morgan fingerprint density at radius 1 is 0.885 bits per heavy atom. The summed E-state index contributed by atoms with van der Waals surface area (Å²) in [4.78, 5) is 14.9. The minimum absolute atomic E-state index is 0.0175. The van der Waals surface area contributed by atoms with Gasteiger partial charge in [-0.2, -0.15) is 0 Å². The highest BCUT2D eigenvalue weighted by atomic mass is 32.2. The molecule has 0 saturated carbocycles. The van der Waals surface area contributed by atoms with Gasteiger partial charge in [0.05, 0.1) is 0 Å². The van der Waals surface area contributed by atoms with Gasteiger partial charge in [0.25, 0.3) is 5.91 Å². The van der Waals surface area contributed by atoms with Gasteiger partial charge in [-0.25, -0.2) is 4.39 Å². The fourth-order valence-corrected chi connectivity index (χ4v) is 4.44. The molecule has 1 atom stereocenters. The number of amides is 1. The number of rotatable bonds is 3. The average molecular weight is 363 g/mol. The standard InChI is InChI=1S/C22H18FNOS/c23-20-12-10-19(11-13-20)22-24(14-15-26-22)21(25)18-8-6-17(7-9-18)16-4-2-1-3-5-16/h1-13,22H,14-15H2/t22-/m1/s1. The minimum atomic E-state index is -0.258. The Morgan fingerprint density at radius 3 is 2.23 bits per heavy atom. The van der Waals surface area contributed by atoms with Crippen LogP contribution in [0.25, 0.3) is 11.1 Å². The molecule has 0 bridgehead atoms. The van der Waals surface area contributed by atoms with Gasteiger partial charge in [0.1, 0.15) is 11.2 Å². The van der Waals surface area contributed by atoms with Crippen molar-refractivity contribution >= 4 is 17.7 Å². The molecule has 2 nitrogen and oxygen atoms in total. The summed E-state index contributed by atoms with van der Waals surface area (Å²) in [6.45, 7) is 0.700. The Bertz CT molecular complexity index is 894. The number of thioether (sulfide) groups is 1. The quantitative estimate of drug-likeness (QED) is 0.623. The maximum absolute atomic E-state index is 13.2. The Morgan fingerprint density at radius 2 is 1.54 bits per heavy atom. The summed E-state index contributed by atoms with van der Waals surface area (Å²) in [7, 11) is 0. The zero-order valence-corrected chi connectivity index (χ0v) is 15.0. The van der Waals surface area contributed by atoms with E-state index in [9.17, 15) is 9.18 Å². The van der Waals surface area contributed by atoms with E-state index in [2.05, 4.69) is 12.1 Å². The summed E-state index contributed by atoms with van der Waals surface area (Å²) in [5, 5.41) is -0.0584. The van der Waals surface area contributed by atoms with E-state index in [1.54, 1.807) is 23.9 Å². The van der Waals surface area contributed by atoms with E-state index in [4.69, 9.17) is 0 Å². The predicted molar refractivity (Wildman–Crippen MR) is 105 cm³/mol. The van der Waals surface area contributed by atoms with E-state index in [0.717, 1.165) is 22.4 Å². The number of carbonyl (C=O) groups is 1. The van der Waals surface area contributed by atoms with Gasteiger partial charge in [0.2, 0.25) is 0 Å². The summed E-state index contributed by atoms with van der Waals surface area (Å²) in [6.07, 6.45) is 0. The molecule has 3 aromatic rings. The number of halogens is 1. The van der Waals surface area contributed by atoms with Crippen molar-refractivity contribution in [2.75, 3.05) is 12.3 Å².